The second-order valence-corrected chi connectivity index (χ2v) is 7.24. The molecule has 0 unspecified atom stereocenters. The Morgan fingerprint density at radius 1 is 1.37 bits per heavy atom. The molecule has 0 radical (unpaired) electrons. The van der Waals surface area contributed by atoms with Gasteiger partial charge in [-0.15, -0.1) is 0 Å². The van der Waals surface area contributed by atoms with E-state index in [4.69, 9.17) is 9.47 Å². The maximum atomic E-state index is 12.9. The van der Waals surface area contributed by atoms with Crippen LogP contribution in [0.4, 0.5) is 5.95 Å². The summed E-state index contributed by atoms with van der Waals surface area (Å²) in [4.78, 5) is 17.2. The maximum Gasteiger partial charge on any atom is 0.338 e. The lowest BCUT2D eigenvalue weighted by molar-refractivity contribution is -0.139. The number of methoxy groups -OCH3 is 1. The number of carbonyl (C=O) groups excluding carboxylic acids is 1. The quantitative estimate of drug-likeness (QED) is 0.522. The summed E-state index contributed by atoms with van der Waals surface area (Å²) < 4.78 is 13.7. The van der Waals surface area contributed by atoms with Crippen molar-refractivity contribution in [2.24, 2.45) is 0 Å². The van der Waals surface area contributed by atoms with Crippen molar-refractivity contribution in [3.8, 4) is 5.75 Å². The van der Waals surface area contributed by atoms with Crippen LogP contribution in [-0.2, 0) is 9.53 Å². The number of esters is 1. The monoisotopic (exact) mass is 434 g/mol. The normalized spacial score (nSPS) is 15.9. The zero-order valence-electron chi connectivity index (χ0n) is 15.7. The lowest BCUT2D eigenvalue weighted by atomic mass is 9.95. The van der Waals surface area contributed by atoms with Crippen molar-refractivity contribution in [2.45, 2.75) is 39.2 Å². The fourth-order valence-electron chi connectivity index (χ4n) is 3.16. The van der Waals surface area contributed by atoms with E-state index in [2.05, 4.69) is 38.3 Å². The smallest absolute Gasteiger partial charge is 0.338 e. The first-order chi connectivity index (χ1) is 13.1. The number of rotatable bonds is 7. The Balaban J connectivity index is 2.02. The topological polar surface area (TPSA) is 78.3 Å². The number of allylic oxidation sites excluding steroid dienone is 1. The van der Waals surface area contributed by atoms with Crippen LogP contribution in [-0.4, -0.2) is 34.5 Å². The molecular formula is C19H23BrN4O3. The molecule has 7 nitrogen and oxygen atoms in total. The second-order valence-electron chi connectivity index (χ2n) is 6.32. The van der Waals surface area contributed by atoms with Gasteiger partial charge in [-0.2, -0.15) is 10.1 Å². The maximum absolute atomic E-state index is 12.9. The molecule has 3 rings (SSSR count). The molecule has 1 aromatic heterocycles. The number of nitrogens with one attached hydrogen (secondary N) is 1. The number of anilines is 1. The number of aromatic nitrogens is 3. The van der Waals surface area contributed by atoms with Crippen LogP contribution in [0.1, 0.15) is 44.7 Å². The Kier molecular flexibility index (Phi) is 6.15. The highest BCUT2D eigenvalue weighted by atomic mass is 79.9. The molecule has 0 bridgehead atoms. The van der Waals surface area contributed by atoms with Crippen molar-refractivity contribution in [2.75, 3.05) is 19.0 Å². The largest absolute Gasteiger partial charge is 0.496 e. The highest BCUT2D eigenvalue weighted by molar-refractivity contribution is 9.10. The summed E-state index contributed by atoms with van der Waals surface area (Å²) in [5.74, 6) is 0.877. The minimum atomic E-state index is -0.491. The molecule has 1 atom stereocenters. The van der Waals surface area contributed by atoms with E-state index in [0.717, 1.165) is 29.3 Å². The predicted octanol–water partition coefficient (Wildman–Crippen LogP) is 4.07. The molecule has 1 N–H and O–H groups in total. The SMILES string of the molecule is CCCCCOC(=O)C1=C(C)Nc2ncnn2[C@@H]1c1cc(Br)ccc1OC. The Labute approximate surface area is 166 Å². The van der Waals surface area contributed by atoms with Crippen molar-refractivity contribution in [3.05, 3.63) is 45.8 Å². The molecule has 0 aliphatic carbocycles. The van der Waals surface area contributed by atoms with E-state index in [1.807, 2.05) is 25.1 Å². The molecule has 0 amide bonds. The minimum Gasteiger partial charge on any atom is -0.496 e. The minimum absolute atomic E-state index is 0.357. The average Bonchev–Trinajstić information content (AvgIpc) is 3.11. The first-order valence-corrected chi connectivity index (χ1v) is 9.74. The number of unbranched alkanes of at least 4 members (excludes halogenated alkanes) is 2. The molecule has 2 heterocycles. The molecule has 1 aliphatic heterocycles. The predicted molar refractivity (Wildman–Crippen MR) is 106 cm³/mol. The summed E-state index contributed by atoms with van der Waals surface area (Å²) >= 11 is 3.51. The average molecular weight is 435 g/mol. The number of carbonyl (C=O) groups is 1. The summed E-state index contributed by atoms with van der Waals surface area (Å²) in [6, 6.07) is 5.19. The number of halogens is 1. The van der Waals surface area contributed by atoms with Gasteiger partial charge in [0.05, 0.1) is 19.3 Å². The van der Waals surface area contributed by atoms with Gasteiger partial charge in [-0.3, -0.25) is 0 Å². The van der Waals surface area contributed by atoms with Crippen molar-refractivity contribution in [3.63, 3.8) is 0 Å². The summed E-state index contributed by atoms with van der Waals surface area (Å²) in [5.41, 5.74) is 2.00. The van der Waals surface area contributed by atoms with Gasteiger partial charge in [-0.05, 0) is 31.5 Å². The van der Waals surface area contributed by atoms with E-state index in [1.165, 1.54) is 6.33 Å². The molecule has 8 heteroatoms. The van der Waals surface area contributed by atoms with Crippen molar-refractivity contribution in [1.29, 1.82) is 0 Å². The van der Waals surface area contributed by atoms with E-state index in [9.17, 15) is 4.79 Å². The zero-order chi connectivity index (χ0) is 19.4. The summed E-state index contributed by atoms with van der Waals surface area (Å²) in [6.45, 7) is 4.36. The van der Waals surface area contributed by atoms with E-state index in [0.29, 0.717) is 29.6 Å². The van der Waals surface area contributed by atoms with Crippen LogP contribution in [0.2, 0.25) is 0 Å². The molecule has 0 fully saturated rings. The van der Waals surface area contributed by atoms with Crippen molar-refractivity contribution in [1.82, 2.24) is 14.8 Å². The van der Waals surface area contributed by atoms with Gasteiger partial charge in [0.2, 0.25) is 5.95 Å². The summed E-state index contributed by atoms with van der Waals surface area (Å²) in [7, 11) is 1.61. The highest BCUT2D eigenvalue weighted by Gasteiger charge is 2.36. The van der Waals surface area contributed by atoms with E-state index in [-0.39, 0.29) is 5.97 Å². The summed E-state index contributed by atoms with van der Waals surface area (Å²) in [6.07, 6.45) is 4.41. The second kappa shape index (κ2) is 8.56. The third-order valence-corrected chi connectivity index (χ3v) is 4.97. The van der Waals surface area contributed by atoms with Gasteiger partial charge in [-0.1, -0.05) is 35.7 Å². The van der Waals surface area contributed by atoms with Crippen LogP contribution in [0.5, 0.6) is 5.75 Å². The van der Waals surface area contributed by atoms with Gasteiger partial charge < -0.3 is 14.8 Å². The van der Waals surface area contributed by atoms with Crippen molar-refractivity contribution >= 4 is 27.8 Å². The van der Waals surface area contributed by atoms with Gasteiger partial charge in [0.1, 0.15) is 18.1 Å². The Bertz CT molecular complexity index is 862. The lowest BCUT2D eigenvalue weighted by Crippen LogP contribution is -2.30. The number of nitrogens with zero attached hydrogens (tertiary/aromatic N) is 3. The van der Waals surface area contributed by atoms with Crippen LogP contribution in [0.15, 0.2) is 40.3 Å². The van der Waals surface area contributed by atoms with Gasteiger partial charge in [0.15, 0.2) is 0 Å². The van der Waals surface area contributed by atoms with Crippen molar-refractivity contribution < 1.29 is 14.3 Å². The molecule has 144 valence electrons. The number of ether oxygens (including phenoxy) is 2. The van der Waals surface area contributed by atoms with Crippen LogP contribution >= 0.6 is 15.9 Å². The molecular weight excluding hydrogens is 412 g/mol. The third-order valence-electron chi connectivity index (χ3n) is 4.48. The van der Waals surface area contributed by atoms with Gasteiger partial charge in [0.25, 0.3) is 0 Å². The number of hydrogen-bond acceptors (Lipinski definition) is 6. The molecule has 0 saturated carbocycles. The molecule has 1 aromatic carbocycles. The number of fused-ring (bicyclic) bond motifs is 1. The lowest BCUT2D eigenvalue weighted by Gasteiger charge is -2.29. The van der Waals surface area contributed by atoms with E-state index in [1.54, 1.807) is 11.8 Å². The fourth-order valence-corrected chi connectivity index (χ4v) is 3.54. The number of hydrogen-bond donors (Lipinski definition) is 1. The molecule has 27 heavy (non-hydrogen) atoms. The fraction of sp³-hybridized carbons (Fsp3) is 0.421. The van der Waals surface area contributed by atoms with Gasteiger partial charge in [-0.25, -0.2) is 9.48 Å². The Hall–Kier alpha value is -2.35. The number of benzene rings is 1. The van der Waals surface area contributed by atoms with Crippen LogP contribution in [0.3, 0.4) is 0 Å². The third kappa shape index (κ3) is 4.00. The van der Waals surface area contributed by atoms with E-state index < -0.39 is 6.04 Å². The first kappa shape index (κ1) is 19.4. The molecule has 2 aromatic rings. The van der Waals surface area contributed by atoms with Crippen LogP contribution in [0.25, 0.3) is 0 Å². The van der Waals surface area contributed by atoms with Crippen LogP contribution < -0.4 is 10.1 Å². The zero-order valence-corrected chi connectivity index (χ0v) is 17.2. The Morgan fingerprint density at radius 2 is 2.19 bits per heavy atom. The molecule has 0 saturated heterocycles. The molecule has 1 aliphatic rings. The van der Waals surface area contributed by atoms with Gasteiger partial charge >= 0.3 is 5.97 Å². The Morgan fingerprint density at radius 3 is 2.93 bits per heavy atom. The van der Waals surface area contributed by atoms with E-state index >= 15 is 0 Å². The standard InChI is InChI=1S/C19H23BrN4O3/c1-4-5-6-9-27-18(25)16-12(2)23-19-21-11-22-24(19)17(16)14-10-13(20)7-8-15(14)26-3/h7-8,10-11,17H,4-6,9H2,1-3H3,(H,21,22,23)/t17-/m1/s1. The van der Waals surface area contributed by atoms with Gasteiger partial charge in [0, 0.05) is 15.7 Å². The van der Waals surface area contributed by atoms with Crippen LogP contribution in [0, 0.1) is 0 Å². The summed E-state index contributed by atoms with van der Waals surface area (Å²) in [5, 5.41) is 7.47. The highest BCUT2D eigenvalue weighted by Crippen LogP contribution is 2.40. The first-order valence-electron chi connectivity index (χ1n) is 8.94. The molecule has 0 spiro atoms.